The number of rotatable bonds is 5. The normalized spacial score (nSPS) is 11.0. The summed E-state index contributed by atoms with van der Waals surface area (Å²) in [4.78, 5) is 16.8. The van der Waals surface area contributed by atoms with Gasteiger partial charge in [-0.25, -0.2) is 9.79 Å². The van der Waals surface area contributed by atoms with Crippen molar-refractivity contribution in [2.45, 2.75) is 0 Å². The van der Waals surface area contributed by atoms with Crippen LogP contribution in [0, 0.1) is 0 Å². The first kappa shape index (κ1) is 18.6. The maximum Gasteiger partial charge on any atom is 0.357 e. The van der Waals surface area contributed by atoms with Crippen molar-refractivity contribution in [2.75, 3.05) is 7.11 Å². The molecule has 27 heavy (non-hydrogen) atoms. The lowest BCUT2D eigenvalue weighted by molar-refractivity contribution is -0.132. The first-order valence-electron chi connectivity index (χ1n) is 8.43. The van der Waals surface area contributed by atoms with Crippen molar-refractivity contribution in [3.05, 3.63) is 113 Å². The fourth-order valence-electron chi connectivity index (χ4n) is 2.69. The molecule has 3 rings (SSSR count). The topological polar surface area (TPSA) is 38.7 Å². The summed E-state index contributed by atoms with van der Waals surface area (Å²) in [5.74, 6) is -0.542. The van der Waals surface area contributed by atoms with E-state index in [-0.39, 0.29) is 10.9 Å². The molecule has 0 aliphatic heterocycles. The van der Waals surface area contributed by atoms with Gasteiger partial charge in [-0.05, 0) is 11.1 Å². The van der Waals surface area contributed by atoms with Crippen LogP contribution in [0.1, 0.15) is 16.7 Å². The number of halogens is 1. The molecule has 3 nitrogen and oxygen atoms in total. The van der Waals surface area contributed by atoms with Crippen molar-refractivity contribution in [1.82, 2.24) is 0 Å². The van der Waals surface area contributed by atoms with Crippen LogP contribution in [0.3, 0.4) is 0 Å². The largest absolute Gasteiger partial charge is 0.464 e. The zero-order valence-electron chi connectivity index (χ0n) is 14.8. The number of ether oxygens (including phenoxy) is 1. The summed E-state index contributed by atoms with van der Waals surface area (Å²) in [5, 5.41) is 0.219. The molecule has 0 N–H and O–H groups in total. The Morgan fingerprint density at radius 3 is 1.56 bits per heavy atom. The Balaban J connectivity index is 2.21. The van der Waals surface area contributed by atoms with E-state index in [9.17, 15) is 4.79 Å². The highest BCUT2D eigenvalue weighted by Crippen LogP contribution is 2.30. The predicted molar refractivity (Wildman–Crippen MR) is 110 cm³/mol. The molecule has 4 heteroatoms. The molecule has 0 unspecified atom stereocenters. The van der Waals surface area contributed by atoms with E-state index in [0.29, 0.717) is 5.56 Å². The van der Waals surface area contributed by atoms with Gasteiger partial charge in [-0.15, -0.1) is 0 Å². The molecule has 3 aromatic carbocycles. The Kier molecular flexibility index (Phi) is 6.18. The van der Waals surface area contributed by atoms with Gasteiger partial charge in [0.2, 0.25) is 0 Å². The van der Waals surface area contributed by atoms with Gasteiger partial charge in [0.15, 0.2) is 5.71 Å². The molecule has 3 aromatic rings. The minimum absolute atomic E-state index is 0.160. The van der Waals surface area contributed by atoms with Crippen LogP contribution in [0.5, 0.6) is 0 Å². The molecule has 0 atom stereocenters. The van der Waals surface area contributed by atoms with Crippen molar-refractivity contribution in [1.29, 1.82) is 0 Å². The summed E-state index contributed by atoms with van der Waals surface area (Å²) in [6.45, 7) is 0. The second kappa shape index (κ2) is 8.97. The summed E-state index contributed by atoms with van der Waals surface area (Å²) in [6.07, 6.45) is 0. The maximum absolute atomic E-state index is 12.3. The maximum atomic E-state index is 12.3. The van der Waals surface area contributed by atoms with Crippen LogP contribution in [0.25, 0.3) is 5.57 Å². The van der Waals surface area contributed by atoms with Gasteiger partial charge in [0, 0.05) is 11.1 Å². The number of hydrogen-bond acceptors (Lipinski definition) is 3. The van der Waals surface area contributed by atoms with E-state index in [1.807, 2.05) is 78.9 Å². The summed E-state index contributed by atoms with van der Waals surface area (Å²) < 4.78 is 4.91. The Morgan fingerprint density at radius 2 is 1.15 bits per heavy atom. The van der Waals surface area contributed by atoms with Crippen molar-refractivity contribution in [3.8, 4) is 0 Å². The highest BCUT2D eigenvalue weighted by atomic mass is 35.5. The summed E-state index contributed by atoms with van der Waals surface area (Å²) in [5.41, 5.74) is 3.37. The molecule has 0 aromatic heterocycles. The molecule has 0 aliphatic rings. The molecule has 0 radical (unpaired) electrons. The van der Waals surface area contributed by atoms with E-state index in [0.717, 1.165) is 16.7 Å². The molecule has 134 valence electrons. The Morgan fingerprint density at radius 1 is 0.741 bits per heavy atom. The minimum Gasteiger partial charge on any atom is -0.464 e. The first-order valence-corrected chi connectivity index (χ1v) is 8.81. The number of carbonyl (C=O) groups excluding carboxylic acids is 1. The smallest absolute Gasteiger partial charge is 0.357 e. The van der Waals surface area contributed by atoms with Crippen LogP contribution in [0.15, 0.2) is 101 Å². The number of esters is 1. The fourth-order valence-corrected chi connectivity index (χ4v) is 2.99. The van der Waals surface area contributed by atoms with Gasteiger partial charge in [-0.3, -0.25) is 0 Å². The van der Waals surface area contributed by atoms with E-state index >= 15 is 0 Å². The quantitative estimate of drug-likeness (QED) is 0.344. The lowest BCUT2D eigenvalue weighted by Gasteiger charge is -2.11. The number of hydrogen-bond donors (Lipinski definition) is 0. The lowest BCUT2D eigenvalue weighted by atomic mass is 9.99. The van der Waals surface area contributed by atoms with E-state index in [2.05, 4.69) is 4.99 Å². The third-order valence-electron chi connectivity index (χ3n) is 3.97. The van der Waals surface area contributed by atoms with Gasteiger partial charge in [0.1, 0.15) is 5.16 Å². The Bertz CT molecular complexity index is 924. The van der Waals surface area contributed by atoms with E-state index in [4.69, 9.17) is 16.3 Å². The summed E-state index contributed by atoms with van der Waals surface area (Å²) >= 11 is 6.65. The molecular weight excluding hydrogens is 358 g/mol. The number of carbonyl (C=O) groups is 1. The highest BCUT2D eigenvalue weighted by molar-refractivity contribution is 6.45. The average Bonchev–Trinajstić information content (AvgIpc) is 2.74. The molecule has 0 fully saturated rings. The van der Waals surface area contributed by atoms with Crippen LogP contribution in [0.2, 0.25) is 0 Å². The predicted octanol–water partition coefficient (Wildman–Crippen LogP) is 5.30. The third kappa shape index (κ3) is 4.52. The van der Waals surface area contributed by atoms with Crippen molar-refractivity contribution in [2.24, 2.45) is 4.99 Å². The molecule has 0 amide bonds. The molecule has 0 aliphatic carbocycles. The van der Waals surface area contributed by atoms with Crippen molar-refractivity contribution in [3.63, 3.8) is 0 Å². The summed E-state index contributed by atoms with van der Waals surface area (Å²) in [6, 6.07) is 28.6. The number of benzene rings is 3. The van der Waals surface area contributed by atoms with E-state index in [1.165, 1.54) is 7.11 Å². The zero-order chi connectivity index (χ0) is 19.1. The monoisotopic (exact) mass is 375 g/mol. The zero-order valence-corrected chi connectivity index (χ0v) is 15.6. The van der Waals surface area contributed by atoms with Crippen LogP contribution < -0.4 is 0 Å². The van der Waals surface area contributed by atoms with Gasteiger partial charge >= 0.3 is 5.97 Å². The molecular formula is C23H18ClNO2. The van der Waals surface area contributed by atoms with Crippen LogP contribution >= 0.6 is 11.6 Å². The fraction of sp³-hybridized carbons (Fsp3) is 0.0435. The van der Waals surface area contributed by atoms with E-state index in [1.54, 1.807) is 12.1 Å². The molecule has 0 heterocycles. The van der Waals surface area contributed by atoms with Crippen LogP contribution in [-0.4, -0.2) is 18.8 Å². The van der Waals surface area contributed by atoms with Gasteiger partial charge < -0.3 is 4.74 Å². The van der Waals surface area contributed by atoms with E-state index < -0.39 is 5.97 Å². The lowest BCUT2D eigenvalue weighted by Crippen LogP contribution is -2.17. The van der Waals surface area contributed by atoms with Crippen LogP contribution in [0.4, 0.5) is 0 Å². The third-order valence-corrected chi connectivity index (χ3v) is 4.24. The van der Waals surface area contributed by atoms with Gasteiger partial charge in [0.25, 0.3) is 0 Å². The Labute approximate surface area is 163 Å². The Hall–Kier alpha value is -3.17. The minimum atomic E-state index is -0.542. The number of nitrogens with zero attached hydrogens (tertiary/aromatic N) is 1. The number of aliphatic imine (C=N–C) groups is 1. The van der Waals surface area contributed by atoms with Gasteiger partial charge in [0.05, 0.1) is 7.11 Å². The second-order valence-corrected chi connectivity index (χ2v) is 6.07. The van der Waals surface area contributed by atoms with Crippen LogP contribution in [-0.2, 0) is 9.53 Å². The van der Waals surface area contributed by atoms with Gasteiger partial charge in [-0.2, -0.15) is 0 Å². The number of methoxy groups -OCH3 is 1. The standard InChI is InChI=1S/C23H18ClNO2/c1-27-23(26)21(19-15-9-4-10-16-19)25-22(24)20(17-11-5-2-6-12-17)18-13-7-3-8-14-18/h2-16H,1H3/b25-21+. The van der Waals surface area contributed by atoms with Crippen molar-refractivity contribution < 1.29 is 9.53 Å². The second-order valence-electron chi connectivity index (χ2n) is 5.72. The molecule has 0 spiro atoms. The average molecular weight is 376 g/mol. The first-order chi connectivity index (χ1) is 13.2. The molecule has 0 bridgehead atoms. The van der Waals surface area contributed by atoms with Gasteiger partial charge in [-0.1, -0.05) is 103 Å². The molecule has 0 saturated heterocycles. The molecule has 0 saturated carbocycles. The SMILES string of the molecule is COC(=O)/C(=N/C(Cl)=C(c1ccccc1)c1ccccc1)c1ccccc1. The highest BCUT2D eigenvalue weighted by Gasteiger charge is 2.17. The van der Waals surface area contributed by atoms with Crippen molar-refractivity contribution >= 4 is 28.9 Å². The summed E-state index contributed by atoms with van der Waals surface area (Å²) in [7, 11) is 1.33.